The van der Waals surface area contributed by atoms with Crippen molar-refractivity contribution < 1.29 is 0 Å². The molecule has 0 spiro atoms. The Morgan fingerprint density at radius 1 is 1.12 bits per heavy atom. The Labute approximate surface area is 196 Å². The van der Waals surface area contributed by atoms with Crippen molar-refractivity contribution in [3.8, 4) is 6.07 Å². The van der Waals surface area contributed by atoms with Crippen LogP contribution in [0.5, 0.6) is 0 Å². The highest BCUT2D eigenvalue weighted by Gasteiger charge is 2.42. The largest absolute Gasteiger partial charge is 0.364 e. The molecule has 6 heterocycles. The van der Waals surface area contributed by atoms with Crippen LogP contribution in [0.1, 0.15) is 31.4 Å². The maximum absolute atomic E-state index is 12.7. The summed E-state index contributed by atoms with van der Waals surface area (Å²) in [5.74, 6) is 0. The number of nitriles is 1. The minimum Gasteiger partial charge on any atom is -0.364 e. The van der Waals surface area contributed by atoms with E-state index in [2.05, 4.69) is 56.1 Å². The summed E-state index contributed by atoms with van der Waals surface area (Å²) in [4.78, 5) is 26.6. The Balaban J connectivity index is 1.32. The van der Waals surface area contributed by atoms with Gasteiger partial charge in [-0.15, -0.1) is 0 Å². The van der Waals surface area contributed by atoms with E-state index < -0.39 is 0 Å². The summed E-state index contributed by atoms with van der Waals surface area (Å²) in [6.45, 7) is 4.22. The molecule has 3 fully saturated rings. The molecule has 0 N–H and O–H groups in total. The van der Waals surface area contributed by atoms with Crippen molar-refractivity contribution in [1.82, 2.24) is 29.2 Å². The van der Waals surface area contributed by atoms with Gasteiger partial charge in [0, 0.05) is 56.7 Å². The number of piperidine rings is 2. The van der Waals surface area contributed by atoms with Crippen LogP contribution in [0, 0.1) is 11.3 Å². The predicted octanol–water partition coefficient (Wildman–Crippen LogP) is 2.62. The maximum Gasteiger partial charge on any atom is 0.252 e. The molecule has 2 unspecified atom stereocenters. The lowest BCUT2D eigenvalue weighted by Gasteiger charge is -2.54. The number of fused-ring (bicyclic) bond motifs is 5. The highest BCUT2D eigenvalue weighted by Crippen LogP contribution is 2.39. The van der Waals surface area contributed by atoms with Gasteiger partial charge >= 0.3 is 0 Å². The number of hydrogen-bond donors (Lipinski definition) is 0. The average molecular weight is 455 g/mol. The van der Waals surface area contributed by atoms with Crippen LogP contribution in [0.2, 0.25) is 0 Å². The van der Waals surface area contributed by atoms with Gasteiger partial charge in [0.25, 0.3) is 5.56 Å². The van der Waals surface area contributed by atoms with Crippen molar-refractivity contribution in [2.45, 2.75) is 44.4 Å². The third kappa shape index (κ3) is 3.25. The highest BCUT2D eigenvalue weighted by molar-refractivity contribution is 5.88. The number of nitrogens with zero attached hydrogens (tertiary/aromatic N) is 8. The molecule has 0 radical (unpaired) electrons. The van der Waals surface area contributed by atoms with Gasteiger partial charge in [0.1, 0.15) is 12.1 Å². The summed E-state index contributed by atoms with van der Waals surface area (Å²) in [7, 11) is 1.76. The third-order valence-corrected chi connectivity index (χ3v) is 7.52. The van der Waals surface area contributed by atoms with Crippen LogP contribution in [-0.2, 0) is 13.6 Å². The zero-order valence-corrected chi connectivity index (χ0v) is 19.3. The SMILES string of the molecule is C[C@@H](c1ccc2nccnc2c1)N1CC2CCC1CN2c1cc(=O)n(C)c2cn(CC#N)nc12. The molecule has 4 aromatic rings. The molecule has 3 aliphatic heterocycles. The quantitative estimate of drug-likeness (QED) is 0.468. The van der Waals surface area contributed by atoms with Gasteiger partial charge < -0.3 is 9.47 Å². The van der Waals surface area contributed by atoms with Gasteiger partial charge in [0.05, 0.1) is 34.5 Å². The Morgan fingerprint density at radius 2 is 1.91 bits per heavy atom. The van der Waals surface area contributed by atoms with E-state index in [4.69, 9.17) is 5.26 Å². The molecule has 3 aromatic heterocycles. The predicted molar refractivity (Wildman–Crippen MR) is 129 cm³/mol. The van der Waals surface area contributed by atoms with Crippen LogP contribution >= 0.6 is 0 Å². The number of piperazine rings is 1. The summed E-state index contributed by atoms with van der Waals surface area (Å²) in [5, 5.41) is 13.8. The molecule has 172 valence electrons. The van der Waals surface area contributed by atoms with E-state index in [9.17, 15) is 4.79 Å². The first kappa shape index (κ1) is 20.8. The van der Waals surface area contributed by atoms with Crippen molar-refractivity contribution in [3.05, 3.63) is 58.8 Å². The molecule has 0 aliphatic carbocycles. The minimum atomic E-state index is -0.0528. The van der Waals surface area contributed by atoms with E-state index in [0.29, 0.717) is 12.1 Å². The Bertz CT molecular complexity index is 1500. The van der Waals surface area contributed by atoms with Crippen molar-refractivity contribution in [2.24, 2.45) is 7.05 Å². The number of benzene rings is 1. The molecule has 7 rings (SSSR count). The van der Waals surface area contributed by atoms with Gasteiger partial charge in [-0.1, -0.05) is 6.07 Å². The standard InChI is InChI=1S/C25H26N8O/c1-16(17-3-6-20-21(11-17)28-9-8-27-20)32-13-19-5-4-18(32)14-33(19)22-12-24(34)30(2)23-15-31(10-7-26)29-25(22)23/h3,6,8-9,11-12,15-16,18-19H,4-5,10,13-14H2,1-2H3/t16-,18?,19?/m0/s1. The third-order valence-electron chi connectivity index (χ3n) is 7.52. The van der Waals surface area contributed by atoms with Crippen molar-refractivity contribution in [3.63, 3.8) is 0 Å². The first-order valence-corrected chi connectivity index (χ1v) is 11.7. The molecular formula is C25H26N8O. The molecule has 3 saturated heterocycles. The molecule has 3 atom stereocenters. The summed E-state index contributed by atoms with van der Waals surface area (Å²) < 4.78 is 3.23. The Morgan fingerprint density at radius 3 is 2.68 bits per heavy atom. The van der Waals surface area contributed by atoms with Gasteiger partial charge in [-0.2, -0.15) is 10.4 Å². The summed E-state index contributed by atoms with van der Waals surface area (Å²) in [6, 6.07) is 11.2. The number of pyridine rings is 1. The first-order chi connectivity index (χ1) is 16.5. The molecule has 9 heteroatoms. The van der Waals surface area contributed by atoms with Crippen LogP contribution < -0.4 is 10.5 Å². The van der Waals surface area contributed by atoms with Gasteiger partial charge in [-0.05, 0) is 37.5 Å². The fraction of sp³-hybridized carbons (Fsp3) is 0.400. The summed E-state index contributed by atoms with van der Waals surface area (Å²) >= 11 is 0. The fourth-order valence-corrected chi connectivity index (χ4v) is 5.67. The van der Waals surface area contributed by atoms with Gasteiger partial charge in [0.15, 0.2) is 0 Å². The summed E-state index contributed by atoms with van der Waals surface area (Å²) in [6.07, 6.45) is 7.48. The van der Waals surface area contributed by atoms with E-state index >= 15 is 0 Å². The molecule has 3 aliphatic rings. The van der Waals surface area contributed by atoms with Crippen LogP contribution in [0.3, 0.4) is 0 Å². The second-order valence-corrected chi connectivity index (χ2v) is 9.36. The van der Waals surface area contributed by atoms with E-state index in [1.54, 1.807) is 41.0 Å². The highest BCUT2D eigenvalue weighted by atomic mass is 16.1. The first-order valence-electron chi connectivity index (χ1n) is 11.7. The van der Waals surface area contributed by atoms with Crippen LogP contribution in [-0.4, -0.2) is 54.4 Å². The van der Waals surface area contributed by atoms with Crippen molar-refractivity contribution >= 4 is 27.8 Å². The number of hydrogen-bond acceptors (Lipinski definition) is 7. The van der Waals surface area contributed by atoms with Gasteiger partial charge in [-0.25, -0.2) is 0 Å². The topological polar surface area (TPSA) is 95.9 Å². The number of aryl methyl sites for hydroxylation is 1. The van der Waals surface area contributed by atoms with Gasteiger partial charge in [0.2, 0.25) is 0 Å². The zero-order valence-electron chi connectivity index (χ0n) is 19.3. The molecule has 0 amide bonds. The molecule has 2 bridgehead atoms. The average Bonchev–Trinajstić information content (AvgIpc) is 3.30. The lowest BCUT2D eigenvalue weighted by atomic mass is 9.88. The maximum atomic E-state index is 12.7. The summed E-state index contributed by atoms with van der Waals surface area (Å²) in [5.41, 5.74) is 5.47. The van der Waals surface area contributed by atoms with Crippen molar-refractivity contribution in [2.75, 3.05) is 18.0 Å². The van der Waals surface area contributed by atoms with E-state index in [1.807, 2.05) is 0 Å². The lowest BCUT2D eigenvalue weighted by molar-refractivity contribution is 0.0602. The molecular weight excluding hydrogens is 428 g/mol. The molecule has 34 heavy (non-hydrogen) atoms. The van der Waals surface area contributed by atoms with Gasteiger partial charge in [-0.3, -0.25) is 24.3 Å². The molecule has 9 nitrogen and oxygen atoms in total. The number of aromatic nitrogens is 5. The van der Waals surface area contributed by atoms with E-state index in [0.717, 1.165) is 53.7 Å². The Kier molecular flexibility index (Phi) is 4.85. The molecule has 0 saturated carbocycles. The van der Waals surface area contributed by atoms with Crippen molar-refractivity contribution in [1.29, 1.82) is 5.26 Å². The number of anilines is 1. The molecule has 1 aromatic carbocycles. The van der Waals surface area contributed by atoms with Crippen LogP contribution in [0.4, 0.5) is 5.69 Å². The fourth-order valence-electron chi connectivity index (χ4n) is 5.67. The monoisotopic (exact) mass is 454 g/mol. The number of rotatable bonds is 4. The van der Waals surface area contributed by atoms with E-state index in [1.165, 1.54) is 5.56 Å². The second-order valence-electron chi connectivity index (χ2n) is 9.36. The van der Waals surface area contributed by atoms with Crippen LogP contribution in [0.15, 0.2) is 47.7 Å². The Hall–Kier alpha value is -3.77. The normalized spacial score (nSPS) is 21.3. The smallest absolute Gasteiger partial charge is 0.252 e. The minimum absolute atomic E-state index is 0.0528. The van der Waals surface area contributed by atoms with E-state index in [-0.39, 0.29) is 18.1 Å². The lowest BCUT2D eigenvalue weighted by Crippen LogP contribution is -2.63. The second kappa shape index (κ2) is 7.92. The zero-order chi connectivity index (χ0) is 23.4. The van der Waals surface area contributed by atoms with Crippen LogP contribution in [0.25, 0.3) is 22.1 Å².